The third kappa shape index (κ3) is 4.71. The molecule has 0 bridgehead atoms. The van der Waals surface area contributed by atoms with Crippen molar-refractivity contribution in [2.75, 3.05) is 24.3 Å². The van der Waals surface area contributed by atoms with Gasteiger partial charge in [-0.15, -0.1) is 0 Å². The van der Waals surface area contributed by atoms with E-state index in [0.717, 1.165) is 44.3 Å². The largest absolute Gasteiger partial charge is 0.362 e. The van der Waals surface area contributed by atoms with Gasteiger partial charge < -0.3 is 15.5 Å². The van der Waals surface area contributed by atoms with Gasteiger partial charge in [-0.1, -0.05) is 6.07 Å². The highest BCUT2D eigenvalue weighted by molar-refractivity contribution is 5.94. The van der Waals surface area contributed by atoms with Crippen LogP contribution in [0.25, 0.3) is 0 Å². The molecule has 2 aromatic rings. The number of aryl methyl sites for hydroxylation is 1. The summed E-state index contributed by atoms with van der Waals surface area (Å²) in [6.45, 7) is 0. The fourth-order valence-electron chi connectivity index (χ4n) is 4.47. The molecule has 1 heterocycles. The van der Waals surface area contributed by atoms with Crippen molar-refractivity contribution in [1.29, 1.82) is 0 Å². The zero-order valence-electron chi connectivity index (χ0n) is 17.7. The smallest absolute Gasteiger partial charge is 0.251 e. The summed E-state index contributed by atoms with van der Waals surface area (Å²) in [5.74, 6) is 1.14. The summed E-state index contributed by atoms with van der Waals surface area (Å²) >= 11 is 0. The SMILES string of the molecule is CN(C)c1nc(NC2CCC(NC(=O)c3cccc(F)c3)CC2)nc2c1CCCC2. The Balaban J connectivity index is 1.35. The first-order valence-electron chi connectivity index (χ1n) is 10.9. The lowest BCUT2D eigenvalue weighted by Crippen LogP contribution is -2.40. The van der Waals surface area contributed by atoms with Crippen LogP contribution in [0.4, 0.5) is 16.2 Å². The van der Waals surface area contributed by atoms with Gasteiger partial charge in [0.25, 0.3) is 5.91 Å². The molecule has 4 rings (SSSR count). The zero-order valence-corrected chi connectivity index (χ0v) is 17.7. The molecule has 0 atom stereocenters. The molecule has 1 fully saturated rings. The molecule has 0 aliphatic heterocycles. The van der Waals surface area contributed by atoms with Gasteiger partial charge in [0, 0.05) is 37.3 Å². The molecule has 0 radical (unpaired) electrons. The van der Waals surface area contributed by atoms with Crippen LogP contribution < -0.4 is 15.5 Å². The monoisotopic (exact) mass is 411 g/mol. The number of fused-ring (bicyclic) bond motifs is 1. The molecular formula is C23H30FN5O. The first kappa shape index (κ1) is 20.6. The fourth-order valence-corrected chi connectivity index (χ4v) is 4.47. The molecule has 1 amide bonds. The van der Waals surface area contributed by atoms with Crippen LogP contribution in [-0.2, 0) is 12.8 Å². The van der Waals surface area contributed by atoms with Gasteiger partial charge in [0.05, 0.1) is 5.69 Å². The highest BCUT2D eigenvalue weighted by Crippen LogP contribution is 2.29. The Morgan fingerprint density at radius 2 is 1.80 bits per heavy atom. The van der Waals surface area contributed by atoms with Crippen LogP contribution in [0, 0.1) is 5.82 Å². The predicted octanol–water partition coefficient (Wildman–Crippen LogP) is 3.71. The fraction of sp³-hybridized carbons (Fsp3) is 0.522. The van der Waals surface area contributed by atoms with E-state index in [2.05, 4.69) is 15.5 Å². The minimum Gasteiger partial charge on any atom is -0.362 e. The Hall–Kier alpha value is -2.70. The lowest BCUT2D eigenvalue weighted by Gasteiger charge is -2.30. The number of aromatic nitrogens is 2. The molecule has 30 heavy (non-hydrogen) atoms. The standard InChI is InChI=1S/C23H30FN5O/c1-29(2)21-19-8-3-4-9-20(19)27-23(28-21)26-18-12-10-17(11-13-18)25-22(30)15-6-5-7-16(24)14-15/h5-7,14,17-18H,3-4,8-13H2,1-2H3,(H,25,30)(H,26,27,28). The summed E-state index contributed by atoms with van der Waals surface area (Å²) in [5.41, 5.74) is 2.84. The Morgan fingerprint density at radius 1 is 1.07 bits per heavy atom. The number of carbonyl (C=O) groups is 1. The maximum atomic E-state index is 13.3. The van der Waals surface area contributed by atoms with Gasteiger partial charge in [-0.3, -0.25) is 4.79 Å². The van der Waals surface area contributed by atoms with Crippen molar-refractivity contribution in [3.8, 4) is 0 Å². The van der Waals surface area contributed by atoms with Gasteiger partial charge in [0.1, 0.15) is 11.6 Å². The van der Waals surface area contributed by atoms with Crippen molar-refractivity contribution in [3.63, 3.8) is 0 Å². The molecule has 160 valence electrons. The Morgan fingerprint density at radius 3 is 2.53 bits per heavy atom. The van der Waals surface area contributed by atoms with Crippen LogP contribution in [0.1, 0.15) is 60.1 Å². The van der Waals surface area contributed by atoms with Crippen molar-refractivity contribution in [2.45, 2.75) is 63.5 Å². The number of benzene rings is 1. The highest BCUT2D eigenvalue weighted by Gasteiger charge is 2.25. The van der Waals surface area contributed by atoms with Gasteiger partial charge >= 0.3 is 0 Å². The summed E-state index contributed by atoms with van der Waals surface area (Å²) < 4.78 is 13.3. The molecule has 1 aromatic carbocycles. The van der Waals surface area contributed by atoms with Crippen molar-refractivity contribution in [1.82, 2.24) is 15.3 Å². The van der Waals surface area contributed by atoms with E-state index in [-0.39, 0.29) is 11.9 Å². The molecule has 0 spiro atoms. The number of anilines is 2. The molecule has 2 N–H and O–H groups in total. The topological polar surface area (TPSA) is 70.2 Å². The first-order chi connectivity index (χ1) is 14.5. The summed E-state index contributed by atoms with van der Waals surface area (Å²) in [6.07, 6.45) is 8.10. The zero-order chi connectivity index (χ0) is 21.1. The van der Waals surface area contributed by atoms with E-state index in [1.807, 2.05) is 14.1 Å². The van der Waals surface area contributed by atoms with E-state index in [4.69, 9.17) is 9.97 Å². The molecular weight excluding hydrogens is 381 g/mol. The van der Waals surface area contributed by atoms with Gasteiger partial charge in [0.15, 0.2) is 0 Å². The number of hydrogen-bond acceptors (Lipinski definition) is 5. The van der Waals surface area contributed by atoms with Crippen LogP contribution >= 0.6 is 0 Å². The van der Waals surface area contributed by atoms with Crippen LogP contribution in [0.2, 0.25) is 0 Å². The van der Waals surface area contributed by atoms with Crippen LogP contribution in [0.15, 0.2) is 24.3 Å². The van der Waals surface area contributed by atoms with E-state index in [1.165, 1.54) is 36.2 Å². The maximum Gasteiger partial charge on any atom is 0.251 e. The number of nitrogens with one attached hydrogen (secondary N) is 2. The minimum atomic E-state index is -0.391. The van der Waals surface area contributed by atoms with E-state index in [0.29, 0.717) is 17.6 Å². The summed E-state index contributed by atoms with van der Waals surface area (Å²) in [5, 5.41) is 6.57. The molecule has 2 aliphatic rings. The number of carbonyl (C=O) groups excluding carboxylic acids is 1. The number of nitrogens with zero attached hydrogens (tertiary/aromatic N) is 3. The molecule has 0 saturated heterocycles. The second-order valence-electron chi connectivity index (χ2n) is 8.57. The van der Waals surface area contributed by atoms with Crippen LogP contribution in [-0.4, -0.2) is 42.1 Å². The third-order valence-electron chi connectivity index (χ3n) is 6.07. The summed E-state index contributed by atoms with van der Waals surface area (Å²) in [6, 6.07) is 6.23. The average molecular weight is 412 g/mol. The van der Waals surface area contributed by atoms with Crippen LogP contribution in [0.5, 0.6) is 0 Å². The van der Waals surface area contributed by atoms with Crippen molar-refractivity contribution < 1.29 is 9.18 Å². The van der Waals surface area contributed by atoms with E-state index in [9.17, 15) is 9.18 Å². The lowest BCUT2D eigenvalue weighted by molar-refractivity contribution is 0.0926. The van der Waals surface area contributed by atoms with Gasteiger partial charge in [-0.2, -0.15) is 4.98 Å². The minimum absolute atomic E-state index is 0.112. The number of amides is 1. The number of halogens is 1. The molecule has 1 saturated carbocycles. The third-order valence-corrected chi connectivity index (χ3v) is 6.07. The summed E-state index contributed by atoms with van der Waals surface area (Å²) in [7, 11) is 4.07. The predicted molar refractivity (Wildman–Crippen MR) is 117 cm³/mol. The molecule has 0 unspecified atom stereocenters. The molecule has 1 aromatic heterocycles. The van der Waals surface area contributed by atoms with E-state index in [1.54, 1.807) is 12.1 Å². The Labute approximate surface area is 177 Å². The van der Waals surface area contributed by atoms with Gasteiger partial charge in [-0.05, 0) is 69.6 Å². The van der Waals surface area contributed by atoms with Gasteiger partial charge in [-0.25, -0.2) is 9.37 Å². The second-order valence-corrected chi connectivity index (χ2v) is 8.57. The number of hydrogen-bond donors (Lipinski definition) is 2. The molecule has 6 nitrogen and oxygen atoms in total. The molecule has 7 heteroatoms. The van der Waals surface area contributed by atoms with E-state index >= 15 is 0 Å². The maximum absolute atomic E-state index is 13.3. The Bertz CT molecular complexity index is 908. The quantitative estimate of drug-likeness (QED) is 0.785. The van der Waals surface area contributed by atoms with Gasteiger partial charge in [0.2, 0.25) is 5.95 Å². The van der Waals surface area contributed by atoms with Crippen molar-refractivity contribution in [3.05, 3.63) is 46.9 Å². The molecule has 2 aliphatic carbocycles. The second kappa shape index (κ2) is 8.98. The van der Waals surface area contributed by atoms with Crippen molar-refractivity contribution >= 4 is 17.7 Å². The first-order valence-corrected chi connectivity index (χ1v) is 10.9. The average Bonchev–Trinajstić information content (AvgIpc) is 2.74. The summed E-state index contributed by atoms with van der Waals surface area (Å²) in [4.78, 5) is 24.0. The van der Waals surface area contributed by atoms with E-state index < -0.39 is 5.82 Å². The highest BCUT2D eigenvalue weighted by atomic mass is 19.1. The van der Waals surface area contributed by atoms with Crippen LogP contribution in [0.3, 0.4) is 0 Å². The Kier molecular flexibility index (Phi) is 6.16. The lowest BCUT2D eigenvalue weighted by atomic mass is 9.91. The van der Waals surface area contributed by atoms with Crippen molar-refractivity contribution in [2.24, 2.45) is 0 Å². The number of rotatable bonds is 5. The normalized spacial score (nSPS) is 20.9.